The summed E-state index contributed by atoms with van der Waals surface area (Å²) in [6, 6.07) is 5.47. The van der Waals surface area contributed by atoms with Crippen LogP contribution in [0.5, 0.6) is 5.75 Å². The molecule has 0 saturated carbocycles. The van der Waals surface area contributed by atoms with Gasteiger partial charge in [0, 0.05) is 17.5 Å². The SMILES string of the molecule is CCOc1c(CO)cccc1CC(=O)CBr. The zero-order valence-electron chi connectivity index (χ0n) is 9.20. The Bertz CT molecular complexity index is 363. The van der Waals surface area contributed by atoms with Gasteiger partial charge in [0.15, 0.2) is 0 Å². The first-order chi connectivity index (χ1) is 7.72. The third kappa shape index (κ3) is 3.32. The van der Waals surface area contributed by atoms with E-state index in [2.05, 4.69) is 15.9 Å². The van der Waals surface area contributed by atoms with E-state index in [1.54, 1.807) is 6.07 Å². The lowest BCUT2D eigenvalue weighted by Crippen LogP contribution is -2.07. The maximum absolute atomic E-state index is 11.4. The van der Waals surface area contributed by atoms with Crippen molar-refractivity contribution in [2.75, 3.05) is 11.9 Å². The first-order valence-electron chi connectivity index (χ1n) is 5.15. The number of ketones is 1. The van der Waals surface area contributed by atoms with Crippen LogP contribution in [0.3, 0.4) is 0 Å². The molecule has 0 aliphatic heterocycles. The second kappa shape index (κ2) is 6.66. The average Bonchev–Trinajstić information content (AvgIpc) is 2.31. The van der Waals surface area contributed by atoms with E-state index in [0.29, 0.717) is 24.1 Å². The van der Waals surface area contributed by atoms with Crippen molar-refractivity contribution in [2.24, 2.45) is 0 Å². The monoisotopic (exact) mass is 286 g/mol. The number of rotatable bonds is 6. The van der Waals surface area contributed by atoms with Crippen molar-refractivity contribution in [1.82, 2.24) is 0 Å². The van der Waals surface area contributed by atoms with Gasteiger partial charge in [-0.05, 0) is 6.92 Å². The number of carbonyl (C=O) groups excluding carboxylic acids is 1. The molecule has 0 amide bonds. The second-order valence-corrected chi connectivity index (χ2v) is 3.91. The molecule has 3 nitrogen and oxygen atoms in total. The van der Waals surface area contributed by atoms with E-state index < -0.39 is 0 Å². The quantitative estimate of drug-likeness (QED) is 0.815. The Hall–Kier alpha value is -0.870. The standard InChI is InChI=1S/C12H15BrO3/c1-2-16-12-9(6-11(15)7-13)4-3-5-10(12)8-14/h3-5,14H,2,6-8H2,1H3. The Kier molecular flexibility index (Phi) is 5.49. The molecule has 0 radical (unpaired) electrons. The van der Waals surface area contributed by atoms with Gasteiger partial charge in [0.25, 0.3) is 0 Å². The van der Waals surface area contributed by atoms with E-state index in [-0.39, 0.29) is 12.4 Å². The topological polar surface area (TPSA) is 46.5 Å². The zero-order valence-corrected chi connectivity index (χ0v) is 10.8. The minimum atomic E-state index is -0.0777. The number of para-hydroxylation sites is 1. The van der Waals surface area contributed by atoms with Gasteiger partial charge in [-0.1, -0.05) is 34.1 Å². The maximum atomic E-state index is 11.4. The average molecular weight is 287 g/mol. The van der Waals surface area contributed by atoms with Gasteiger partial charge in [0.2, 0.25) is 0 Å². The number of aliphatic hydroxyl groups excluding tert-OH is 1. The Balaban J connectivity index is 3.01. The molecule has 0 bridgehead atoms. The van der Waals surface area contributed by atoms with Crippen molar-refractivity contribution in [2.45, 2.75) is 20.0 Å². The summed E-state index contributed by atoms with van der Waals surface area (Å²) in [7, 11) is 0. The Morgan fingerprint density at radius 3 is 2.69 bits per heavy atom. The van der Waals surface area contributed by atoms with Crippen LogP contribution in [0.4, 0.5) is 0 Å². The lowest BCUT2D eigenvalue weighted by molar-refractivity contribution is -0.115. The Morgan fingerprint density at radius 1 is 1.44 bits per heavy atom. The van der Waals surface area contributed by atoms with Gasteiger partial charge in [-0.15, -0.1) is 0 Å². The highest BCUT2D eigenvalue weighted by Crippen LogP contribution is 2.25. The van der Waals surface area contributed by atoms with Gasteiger partial charge in [-0.25, -0.2) is 0 Å². The van der Waals surface area contributed by atoms with Crippen molar-refractivity contribution < 1.29 is 14.6 Å². The van der Waals surface area contributed by atoms with Crippen molar-refractivity contribution in [3.8, 4) is 5.75 Å². The molecule has 1 aromatic carbocycles. The Morgan fingerprint density at radius 2 is 2.12 bits per heavy atom. The first kappa shape index (κ1) is 13.2. The highest BCUT2D eigenvalue weighted by atomic mass is 79.9. The van der Waals surface area contributed by atoms with E-state index in [9.17, 15) is 9.90 Å². The van der Waals surface area contributed by atoms with E-state index in [0.717, 1.165) is 11.1 Å². The maximum Gasteiger partial charge on any atom is 0.147 e. The summed E-state index contributed by atoms with van der Waals surface area (Å²) in [4.78, 5) is 11.4. The van der Waals surface area contributed by atoms with Gasteiger partial charge < -0.3 is 9.84 Å². The molecule has 1 rings (SSSR count). The molecule has 0 heterocycles. The van der Waals surface area contributed by atoms with Crippen LogP contribution < -0.4 is 4.74 Å². The molecule has 4 heteroatoms. The summed E-state index contributed by atoms with van der Waals surface area (Å²) in [6.07, 6.45) is 0.328. The summed E-state index contributed by atoms with van der Waals surface area (Å²) in [6.45, 7) is 2.32. The van der Waals surface area contributed by atoms with Crippen molar-refractivity contribution >= 4 is 21.7 Å². The van der Waals surface area contributed by atoms with Crippen LogP contribution in [-0.4, -0.2) is 22.8 Å². The molecule has 0 aromatic heterocycles. The summed E-state index contributed by atoms with van der Waals surface area (Å²) in [5.74, 6) is 0.734. The highest BCUT2D eigenvalue weighted by molar-refractivity contribution is 9.09. The van der Waals surface area contributed by atoms with Crippen LogP contribution >= 0.6 is 15.9 Å². The molecule has 0 fully saturated rings. The van der Waals surface area contributed by atoms with Crippen LogP contribution in [-0.2, 0) is 17.8 Å². The molecule has 0 saturated heterocycles. The van der Waals surface area contributed by atoms with E-state index in [1.807, 2.05) is 19.1 Å². The lowest BCUT2D eigenvalue weighted by Gasteiger charge is -2.13. The van der Waals surface area contributed by atoms with Gasteiger partial charge in [-0.2, -0.15) is 0 Å². The molecule has 1 N–H and O–H groups in total. The minimum absolute atomic E-state index is 0.0777. The summed E-state index contributed by atoms with van der Waals surface area (Å²) >= 11 is 3.13. The van der Waals surface area contributed by atoms with E-state index in [4.69, 9.17) is 4.74 Å². The third-order valence-corrected chi connectivity index (χ3v) is 2.80. The van der Waals surface area contributed by atoms with Crippen LogP contribution in [0.2, 0.25) is 0 Å². The van der Waals surface area contributed by atoms with E-state index >= 15 is 0 Å². The lowest BCUT2D eigenvalue weighted by atomic mass is 10.0. The largest absolute Gasteiger partial charge is 0.493 e. The molecule has 0 atom stereocenters. The first-order valence-corrected chi connectivity index (χ1v) is 6.27. The van der Waals surface area contributed by atoms with Crippen LogP contribution in [0.25, 0.3) is 0 Å². The predicted octanol–water partition coefficient (Wildman–Crippen LogP) is 2.08. The number of aliphatic hydroxyl groups is 1. The van der Waals surface area contributed by atoms with E-state index in [1.165, 1.54) is 0 Å². The number of halogens is 1. The fourth-order valence-electron chi connectivity index (χ4n) is 1.49. The van der Waals surface area contributed by atoms with Crippen molar-refractivity contribution in [3.05, 3.63) is 29.3 Å². The van der Waals surface area contributed by atoms with Gasteiger partial charge in [0.1, 0.15) is 11.5 Å². The second-order valence-electron chi connectivity index (χ2n) is 3.35. The molecule has 0 spiro atoms. The smallest absolute Gasteiger partial charge is 0.147 e. The zero-order chi connectivity index (χ0) is 12.0. The molecule has 0 unspecified atom stereocenters. The van der Waals surface area contributed by atoms with Gasteiger partial charge >= 0.3 is 0 Å². The molecule has 88 valence electrons. The van der Waals surface area contributed by atoms with Gasteiger partial charge in [-0.3, -0.25) is 4.79 Å². The van der Waals surface area contributed by atoms with Crippen LogP contribution in [0.1, 0.15) is 18.1 Å². The highest BCUT2D eigenvalue weighted by Gasteiger charge is 2.11. The predicted molar refractivity (Wildman–Crippen MR) is 66.0 cm³/mol. The Labute approximate surface area is 104 Å². The van der Waals surface area contributed by atoms with Gasteiger partial charge in [0.05, 0.1) is 18.5 Å². The molecule has 16 heavy (non-hydrogen) atoms. The normalized spacial score (nSPS) is 10.2. The molecular formula is C12H15BrO3. The molecule has 0 aliphatic carbocycles. The van der Waals surface area contributed by atoms with Crippen LogP contribution in [0, 0.1) is 0 Å². The third-order valence-electron chi connectivity index (χ3n) is 2.17. The number of ether oxygens (including phenoxy) is 1. The fourth-order valence-corrected chi connectivity index (χ4v) is 1.69. The molecule has 1 aromatic rings. The number of benzene rings is 1. The minimum Gasteiger partial charge on any atom is -0.493 e. The molecular weight excluding hydrogens is 272 g/mol. The number of alkyl halides is 1. The fraction of sp³-hybridized carbons (Fsp3) is 0.417. The molecule has 0 aliphatic rings. The number of carbonyl (C=O) groups is 1. The summed E-state index contributed by atoms with van der Waals surface area (Å²) < 4.78 is 5.48. The summed E-state index contributed by atoms with van der Waals surface area (Å²) in [5.41, 5.74) is 1.56. The van der Waals surface area contributed by atoms with Crippen LogP contribution in [0.15, 0.2) is 18.2 Å². The number of hydrogen-bond acceptors (Lipinski definition) is 3. The number of hydrogen-bond donors (Lipinski definition) is 1. The van der Waals surface area contributed by atoms with Crippen molar-refractivity contribution in [1.29, 1.82) is 0 Å². The summed E-state index contributed by atoms with van der Waals surface area (Å²) in [5, 5.41) is 9.52. The van der Waals surface area contributed by atoms with Crippen molar-refractivity contribution in [3.63, 3.8) is 0 Å². The number of Topliss-reactive ketones (excluding diaryl/α,β-unsaturated/α-hetero) is 1.